The highest BCUT2D eigenvalue weighted by atomic mass is 16.5. The topological polar surface area (TPSA) is 47.3 Å². The van der Waals surface area contributed by atoms with Crippen molar-refractivity contribution in [2.24, 2.45) is 11.8 Å². The molecule has 1 aromatic carbocycles. The lowest BCUT2D eigenvalue weighted by Crippen LogP contribution is -2.34. The SMILES string of the molecule is COc1cc(C)c(C(NN)C2CCCCCCC2)cc1C. The minimum Gasteiger partial charge on any atom is -0.496 e. The van der Waals surface area contributed by atoms with E-state index in [1.807, 2.05) is 0 Å². The van der Waals surface area contributed by atoms with E-state index in [9.17, 15) is 0 Å². The van der Waals surface area contributed by atoms with Gasteiger partial charge in [0.2, 0.25) is 0 Å². The van der Waals surface area contributed by atoms with Crippen molar-refractivity contribution in [1.29, 1.82) is 0 Å². The first kappa shape index (κ1) is 16.3. The van der Waals surface area contributed by atoms with Crippen LogP contribution in [-0.2, 0) is 0 Å². The van der Waals surface area contributed by atoms with E-state index in [0.717, 1.165) is 5.75 Å². The lowest BCUT2D eigenvalue weighted by molar-refractivity contribution is 0.289. The van der Waals surface area contributed by atoms with Crippen molar-refractivity contribution in [1.82, 2.24) is 5.43 Å². The van der Waals surface area contributed by atoms with Gasteiger partial charge in [0.1, 0.15) is 5.75 Å². The summed E-state index contributed by atoms with van der Waals surface area (Å²) in [6, 6.07) is 4.64. The molecule has 1 aliphatic rings. The normalized spacial score (nSPS) is 18.9. The molecule has 1 saturated carbocycles. The molecule has 3 nitrogen and oxygen atoms in total. The molecule has 1 atom stereocenters. The van der Waals surface area contributed by atoms with Crippen LogP contribution >= 0.6 is 0 Å². The fraction of sp³-hybridized carbons (Fsp3) is 0.667. The molecule has 21 heavy (non-hydrogen) atoms. The van der Waals surface area contributed by atoms with Gasteiger partial charge in [0.05, 0.1) is 7.11 Å². The first-order valence-electron chi connectivity index (χ1n) is 8.28. The molecule has 1 aliphatic carbocycles. The lowest BCUT2D eigenvalue weighted by atomic mass is 9.81. The molecule has 2 rings (SSSR count). The molecule has 0 saturated heterocycles. The fourth-order valence-electron chi connectivity index (χ4n) is 3.67. The summed E-state index contributed by atoms with van der Waals surface area (Å²) in [4.78, 5) is 0. The smallest absolute Gasteiger partial charge is 0.122 e. The number of rotatable bonds is 4. The summed E-state index contributed by atoms with van der Waals surface area (Å²) in [5, 5.41) is 0. The van der Waals surface area contributed by atoms with Gasteiger partial charge < -0.3 is 4.74 Å². The molecule has 0 amide bonds. The van der Waals surface area contributed by atoms with Gasteiger partial charge in [0.15, 0.2) is 0 Å². The van der Waals surface area contributed by atoms with Crippen LogP contribution in [0.3, 0.4) is 0 Å². The van der Waals surface area contributed by atoms with E-state index in [0.29, 0.717) is 5.92 Å². The standard InChI is InChI=1S/C18H30N2O/c1-13-12-17(21-3)14(2)11-16(13)18(20-19)15-9-7-5-4-6-8-10-15/h11-12,15,18,20H,4-10,19H2,1-3H3. The maximum Gasteiger partial charge on any atom is 0.122 e. The van der Waals surface area contributed by atoms with Crippen molar-refractivity contribution in [3.8, 4) is 5.75 Å². The predicted molar refractivity (Wildman–Crippen MR) is 88.3 cm³/mol. The van der Waals surface area contributed by atoms with Gasteiger partial charge in [0.25, 0.3) is 0 Å². The minimum atomic E-state index is 0.257. The molecule has 0 aliphatic heterocycles. The van der Waals surface area contributed by atoms with Gasteiger partial charge in [-0.25, -0.2) is 0 Å². The Morgan fingerprint density at radius 3 is 2.24 bits per heavy atom. The van der Waals surface area contributed by atoms with Crippen LogP contribution in [0.4, 0.5) is 0 Å². The average Bonchev–Trinajstić information content (AvgIpc) is 2.44. The van der Waals surface area contributed by atoms with Crippen molar-refractivity contribution in [3.63, 3.8) is 0 Å². The Balaban J connectivity index is 2.25. The number of nitrogens with two attached hydrogens (primary N) is 1. The third-order valence-corrected chi connectivity index (χ3v) is 4.92. The molecular formula is C18H30N2O. The number of methoxy groups -OCH3 is 1. The lowest BCUT2D eigenvalue weighted by Gasteiger charge is -2.30. The summed E-state index contributed by atoms with van der Waals surface area (Å²) in [5.41, 5.74) is 6.89. The van der Waals surface area contributed by atoms with Crippen LogP contribution in [0.5, 0.6) is 5.75 Å². The third kappa shape index (κ3) is 3.98. The Hall–Kier alpha value is -1.06. The van der Waals surface area contributed by atoms with Crippen LogP contribution in [-0.4, -0.2) is 7.11 Å². The van der Waals surface area contributed by atoms with E-state index >= 15 is 0 Å². The molecular weight excluding hydrogens is 260 g/mol. The number of hydrazine groups is 1. The van der Waals surface area contributed by atoms with Gasteiger partial charge in [-0.2, -0.15) is 0 Å². The average molecular weight is 290 g/mol. The zero-order valence-electron chi connectivity index (χ0n) is 13.7. The van der Waals surface area contributed by atoms with E-state index in [-0.39, 0.29) is 6.04 Å². The van der Waals surface area contributed by atoms with Crippen molar-refractivity contribution >= 4 is 0 Å². The number of hydrogen-bond acceptors (Lipinski definition) is 3. The van der Waals surface area contributed by atoms with E-state index in [1.165, 1.54) is 61.6 Å². The minimum absolute atomic E-state index is 0.257. The monoisotopic (exact) mass is 290 g/mol. The van der Waals surface area contributed by atoms with Crippen LogP contribution in [0.2, 0.25) is 0 Å². The van der Waals surface area contributed by atoms with Gasteiger partial charge >= 0.3 is 0 Å². The number of nitrogens with one attached hydrogen (secondary N) is 1. The highest BCUT2D eigenvalue weighted by Crippen LogP contribution is 2.35. The largest absolute Gasteiger partial charge is 0.496 e. The Kier molecular flexibility index (Phi) is 6.07. The molecule has 0 aromatic heterocycles. The second kappa shape index (κ2) is 7.81. The Labute approximate surface area is 129 Å². The molecule has 0 heterocycles. The van der Waals surface area contributed by atoms with Crippen molar-refractivity contribution in [2.75, 3.05) is 7.11 Å². The highest BCUT2D eigenvalue weighted by molar-refractivity contribution is 5.43. The molecule has 0 spiro atoms. The highest BCUT2D eigenvalue weighted by Gasteiger charge is 2.24. The molecule has 0 bridgehead atoms. The maximum atomic E-state index is 5.93. The predicted octanol–water partition coefficient (Wildman–Crippen LogP) is 4.18. The first-order chi connectivity index (χ1) is 10.2. The fourth-order valence-corrected chi connectivity index (χ4v) is 3.67. The molecule has 1 fully saturated rings. The Morgan fingerprint density at radius 2 is 1.67 bits per heavy atom. The van der Waals surface area contributed by atoms with E-state index in [1.54, 1.807) is 7.11 Å². The second-order valence-electron chi connectivity index (χ2n) is 6.43. The number of ether oxygens (including phenoxy) is 1. The van der Waals surface area contributed by atoms with Crippen LogP contribution in [0, 0.1) is 19.8 Å². The van der Waals surface area contributed by atoms with E-state index in [2.05, 4.69) is 31.4 Å². The number of benzene rings is 1. The molecule has 1 aromatic rings. The summed E-state index contributed by atoms with van der Waals surface area (Å²) < 4.78 is 5.42. The van der Waals surface area contributed by atoms with Crippen LogP contribution in [0.1, 0.15) is 67.7 Å². The molecule has 3 heteroatoms. The molecule has 1 unspecified atom stereocenters. The third-order valence-electron chi connectivity index (χ3n) is 4.92. The number of aryl methyl sites for hydroxylation is 2. The summed E-state index contributed by atoms with van der Waals surface area (Å²) in [6.45, 7) is 4.26. The van der Waals surface area contributed by atoms with Gasteiger partial charge in [0, 0.05) is 6.04 Å². The summed E-state index contributed by atoms with van der Waals surface area (Å²) >= 11 is 0. The zero-order chi connectivity index (χ0) is 15.2. The Bertz CT molecular complexity index is 451. The quantitative estimate of drug-likeness (QED) is 0.646. The van der Waals surface area contributed by atoms with Gasteiger partial charge in [-0.3, -0.25) is 11.3 Å². The summed E-state index contributed by atoms with van der Waals surface area (Å²) in [7, 11) is 1.73. The van der Waals surface area contributed by atoms with Crippen molar-refractivity contribution in [2.45, 2.75) is 64.8 Å². The van der Waals surface area contributed by atoms with Crippen molar-refractivity contribution < 1.29 is 4.74 Å². The Morgan fingerprint density at radius 1 is 1.05 bits per heavy atom. The van der Waals surface area contributed by atoms with Crippen LogP contribution < -0.4 is 16.0 Å². The van der Waals surface area contributed by atoms with Gasteiger partial charge in [-0.05, 0) is 55.4 Å². The molecule has 3 N–H and O–H groups in total. The number of hydrogen-bond donors (Lipinski definition) is 2. The van der Waals surface area contributed by atoms with Crippen LogP contribution in [0.15, 0.2) is 12.1 Å². The van der Waals surface area contributed by atoms with E-state index in [4.69, 9.17) is 10.6 Å². The summed E-state index contributed by atoms with van der Waals surface area (Å²) in [6.07, 6.45) is 9.35. The molecule has 118 valence electrons. The summed E-state index contributed by atoms with van der Waals surface area (Å²) in [5.74, 6) is 7.54. The second-order valence-corrected chi connectivity index (χ2v) is 6.43. The van der Waals surface area contributed by atoms with Gasteiger partial charge in [-0.15, -0.1) is 0 Å². The van der Waals surface area contributed by atoms with Crippen molar-refractivity contribution in [3.05, 3.63) is 28.8 Å². The molecule has 0 radical (unpaired) electrons. The first-order valence-corrected chi connectivity index (χ1v) is 8.28. The zero-order valence-corrected chi connectivity index (χ0v) is 13.7. The van der Waals surface area contributed by atoms with Gasteiger partial charge in [-0.1, -0.05) is 38.2 Å². The van der Waals surface area contributed by atoms with E-state index < -0.39 is 0 Å². The van der Waals surface area contributed by atoms with Crippen LogP contribution in [0.25, 0.3) is 0 Å². The maximum absolute atomic E-state index is 5.93.